The molecule has 1 aromatic heterocycles. The number of rotatable bonds is 2. The lowest BCUT2D eigenvalue weighted by atomic mass is 9.90. The van der Waals surface area contributed by atoms with E-state index in [9.17, 15) is 9.90 Å². The highest BCUT2D eigenvalue weighted by atomic mass is 32.1. The SMILES string of the molecule is CC1CCCC(O)(c2sccc2C(=O)O)CC1. The highest BCUT2D eigenvalue weighted by Crippen LogP contribution is 2.41. The Kier molecular flexibility index (Phi) is 3.54. The molecular weight excluding hydrogens is 236 g/mol. The quantitative estimate of drug-likeness (QED) is 0.797. The predicted molar refractivity (Wildman–Crippen MR) is 67.4 cm³/mol. The maximum Gasteiger partial charge on any atom is 0.336 e. The standard InChI is InChI=1S/C13H18O3S/c1-9-3-2-6-13(16,7-4-9)11-10(12(14)15)5-8-17-11/h5,8-9,16H,2-4,6-7H2,1H3,(H,14,15). The second-order valence-corrected chi connectivity index (χ2v) is 5.95. The largest absolute Gasteiger partial charge is 0.478 e. The van der Waals surface area contributed by atoms with Gasteiger partial charge >= 0.3 is 5.97 Å². The van der Waals surface area contributed by atoms with E-state index in [1.807, 2.05) is 0 Å². The van der Waals surface area contributed by atoms with E-state index in [4.69, 9.17) is 5.11 Å². The average molecular weight is 254 g/mol. The van der Waals surface area contributed by atoms with Crippen LogP contribution in [-0.4, -0.2) is 16.2 Å². The van der Waals surface area contributed by atoms with Crippen molar-refractivity contribution in [3.63, 3.8) is 0 Å². The summed E-state index contributed by atoms with van der Waals surface area (Å²) < 4.78 is 0. The van der Waals surface area contributed by atoms with Gasteiger partial charge in [0.25, 0.3) is 0 Å². The van der Waals surface area contributed by atoms with Crippen molar-refractivity contribution in [3.05, 3.63) is 21.9 Å². The first-order valence-corrected chi connectivity index (χ1v) is 6.94. The summed E-state index contributed by atoms with van der Waals surface area (Å²) in [7, 11) is 0. The van der Waals surface area contributed by atoms with Crippen LogP contribution in [0.2, 0.25) is 0 Å². The minimum atomic E-state index is -0.938. The van der Waals surface area contributed by atoms with Crippen molar-refractivity contribution in [2.45, 2.75) is 44.6 Å². The molecule has 0 saturated heterocycles. The molecule has 17 heavy (non-hydrogen) atoms. The molecule has 0 spiro atoms. The fourth-order valence-electron chi connectivity index (χ4n) is 2.56. The third-order valence-electron chi connectivity index (χ3n) is 3.66. The summed E-state index contributed by atoms with van der Waals surface area (Å²) >= 11 is 1.36. The molecule has 0 radical (unpaired) electrons. The van der Waals surface area contributed by atoms with E-state index in [1.54, 1.807) is 11.4 Å². The monoisotopic (exact) mass is 254 g/mol. The van der Waals surface area contributed by atoms with Crippen molar-refractivity contribution in [1.82, 2.24) is 0 Å². The van der Waals surface area contributed by atoms with Crippen LogP contribution in [0, 0.1) is 5.92 Å². The van der Waals surface area contributed by atoms with Gasteiger partial charge in [-0.25, -0.2) is 4.79 Å². The number of thiophene rings is 1. The smallest absolute Gasteiger partial charge is 0.336 e. The lowest BCUT2D eigenvalue weighted by Gasteiger charge is -2.26. The molecule has 2 unspecified atom stereocenters. The summed E-state index contributed by atoms with van der Waals surface area (Å²) in [6, 6.07) is 1.59. The van der Waals surface area contributed by atoms with Gasteiger partial charge in [0, 0.05) is 0 Å². The lowest BCUT2D eigenvalue weighted by Crippen LogP contribution is -2.25. The summed E-state index contributed by atoms with van der Waals surface area (Å²) in [5.74, 6) is -0.316. The van der Waals surface area contributed by atoms with Crippen molar-refractivity contribution in [2.24, 2.45) is 5.92 Å². The first-order chi connectivity index (χ1) is 8.03. The second-order valence-electron chi connectivity index (χ2n) is 5.04. The summed E-state index contributed by atoms with van der Waals surface area (Å²) in [6.45, 7) is 2.19. The van der Waals surface area contributed by atoms with E-state index < -0.39 is 11.6 Å². The summed E-state index contributed by atoms with van der Waals surface area (Å²) in [5.41, 5.74) is -0.654. The van der Waals surface area contributed by atoms with Crippen molar-refractivity contribution >= 4 is 17.3 Å². The highest BCUT2D eigenvalue weighted by molar-refractivity contribution is 7.10. The summed E-state index contributed by atoms with van der Waals surface area (Å²) in [4.78, 5) is 11.8. The number of aromatic carboxylic acids is 1. The Morgan fingerprint density at radius 1 is 1.47 bits per heavy atom. The molecule has 1 aromatic rings. The summed E-state index contributed by atoms with van der Waals surface area (Å²) in [6.07, 6.45) is 4.41. The zero-order valence-corrected chi connectivity index (χ0v) is 10.8. The second kappa shape index (κ2) is 4.78. The van der Waals surface area contributed by atoms with Crippen LogP contribution in [0.4, 0.5) is 0 Å². The first-order valence-electron chi connectivity index (χ1n) is 6.06. The average Bonchev–Trinajstić information content (AvgIpc) is 2.70. The van der Waals surface area contributed by atoms with E-state index in [1.165, 1.54) is 11.3 Å². The minimum absolute atomic E-state index is 0.270. The van der Waals surface area contributed by atoms with Crippen molar-refractivity contribution in [3.8, 4) is 0 Å². The fourth-order valence-corrected chi connectivity index (χ4v) is 3.61. The number of carboxylic acid groups (broad SMARTS) is 1. The molecule has 4 heteroatoms. The van der Waals surface area contributed by atoms with Gasteiger partial charge < -0.3 is 10.2 Å². The van der Waals surface area contributed by atoms with Gasteiger partial charge in [-0.3, -0.25) is 0 Å². The van der Waals surface area contributed by atoms with Crippen LogP contribution >= 0.6 is 11.3 Å². The third-order valence-corrected chi connectivity index (χ3v) is 4.76. The minimum Gasteiger partial charge on any atom is -0.478 e. The van der Waals surface area contributed by atoms with E-state index in [-0.39, 0.29) is 5.56 Å². The van der Waals surface area contributed by atoms with Gasteiger partial charge in [0.05, 0.1) is 16.0 Å². The van der Waals surface area contributed by atoms with Gasteiger partial charge in [0.2, 0.25) is 0 Å². The Bertz CT molecular complexity index is 413. The van der Waals surface area contributed by atoms with E-state index >= 15 is 0 Å². The topological polar surface area (TPSA) is 57.5 Å². The van der Waals surface area contributed by atoms with Gasteiger partial charge in [0.15, 0.2) is 0 Å². The molecule has 1 fully saturated rings. The van der Waals surface area contributed by atoms with Crippen LogP contribution in [0.1, 0.15) is 54.3 Å². The lowest BCUT2D eigenvalue weighted by molar-refractivity contribution is 0.0216. The number of hydrogen-bond acceptors (Lipinski definition) is 3. The van der Waals surface area contributed by atoms with Crippen molar-refractivity contribution < 1.29 is 15.0 Å². The Morgan fingerprint density at radius 2 is 2.24 bits per heavy atom. The molecule has 1 aliphatic carbocycles. The van der Waals surface area contributed by atoms with Crippen molar-refractivity contribution in [1.29, 1.82) is 0 Å². The molecule has 0 aliphatic heterocycles. The molecule has 94 valence electrons. The van der Waals surface area contributed by atoms with Crippen LogP contribution in [0.25, 0.3) is 0 Å². The van der Waals surface area contributed by atoms with Gasteiger partial charge in [-0.15, -0.1) is 11.3 Å². The predicted octanol–water partition coefficient (Wildman–Crippen LogP) is 3.23. The number of carboxylic acids is 1. The van der Waals surface area contributed by atoms with Gasteiger partial charge in [-0.2, -0.15) is 0 Å². The Balaban J connectivity index is 2.30. The number of aliphatic hydroxyl groups is 1. The Hall–Kier alpha value is -0.870. The van der Waals surface area contributed by atoms with Gasteiger partial charge in [-0.05, 0) is 43.0 Å². The maximum atomic E-state index is 11.1. The summed E-state index contributed by atoms with van der Waals surface area (Å²) in [5, 5.41) is 21.6. The molecule has 1 saturated carbocycles. The van der Waals surface area contributed by atoms with Crippen LogP contribution in [0.15, 0.2) is 11.4 Å². The van der Waals surface area contributed by atoms with Crippen LogP contribution in [0.3, 0.4) is 0 Å². The molecule has 0 bridgehead atoms. The number of carbonyl (C=O) groups is 1. The van der Waals surface area contributed by atoms with Gasteiger partial charge in [0.1, 0.15) is 0 Å². The first kappa shape index (κ1) is 12.6. The number of hydrogen-bond donors (Lipinski definition) is 2. The Morgan fingerprint density at radius 3 is 2.94 bits per heavy atom. The third kappa shape index (κ3) is 2.53. The zero-order valence-electron chi connectivity index (χ0n) is 9.98. The molecule has 1 heterocycles. The molecule has 1 aliphatic rings. The van der Waals surface area contributed by atoms with E-state index in [0.29, 0.717) is 23.6 Å². The Labute approximate surface area is 105 Å². The molecule has 3 nitrogen and oxygen atoms in total. The van der Waals surface area contributed by atoms with E-state index in [2.05, 4.69) is 6.92 Å². The van der Waals surface area contributed by atoms with Crippen LogP contribution in [-0.2, 0) is 5.60 Å². The normalized spacial score (nSPS) is 29.9. The molecule has 0 aromatic carbocycles. The fraction of sp³-hybridized carbons (Fsp3) is 0.615. The van der Waals surface area contributed by atoms with Crippen molar-refractivity contribution in [2.75, 3.05) is 0 Å². The highest BCUT2D eigenvalue weighted by Gasteiger charge is 2.35. The molecule has 2 rings (SSSR count). The molecule has 2 N–H and O–H groups in total. The molecule has 0 amide bonds. The zero-order chi connectivity index (χ0) is 12.5. The van der Waals surface area contributed by atoms with Gasteiger partial charge in [-0.1, -0.05) is 13.3 Å². The van der Waals surface area contributed by atoms with Crippen LogP contribution in [0.5, 0.6) is 0 Å². The van der Waals surface area contributed by atoms with E-state index in [0.717, 1.165) is 19.3 Å². The maximum absolute atomic E-state index is 11.1. The molecular formula is C13H18O3S. The molecule has 2 atom stereocenters. The van der Waals surface area contributed by atoms with Crippen LogP contribution < -0.4 is 0 Å².